The lowest BCUT2D eigenvalue weighted by atomic mass is 9.89. The lowest BCUT2D eigenvalue weighted by Gasteiger charge is -2.19. The third kappa shape index (κ3) is 4.58. The number of carboxylic acids is 1. The van der Waals surface area contributed by atoms with E-state index in [9.17, 15) is 14.7 Å². The molecule has 0 saturated carbocycles. The van der Waals surface area contributed by atoms with Crippen molar-refractivity contribution in [2.45, 2.75) is 6.42 Å². The predicted molar refractivity (Wildman–Crippen MR) is 130 cm³/mol. The molecule has 1 aliphatic heterocycles. The number of hydrogen-bond acceptors (Lipinski definition) is 8. The topological polar surface area (TPSA) is 108 Å². The van der Waals surface area contributed by atoms with Gasteiger partial charge in [0, 0.05) is 17.6 Å². The van der Waals surface area contributed by atoms with Gasteiger partial charge >= 0.3 is 5.97 Å². The van der Waals surface area contributed by atoms with Gasteiger partial charge < -0.3 is 19.3 Å². The first-order valence-electron chi connectivity index (χ1n) is 10.8. The Bertz CT molecular complexity index is 1460. The molecule has 176 valence electrons. The standard InChI is InChI=1S/C26H20N2O6S/c1-32-18-6-2-15(3-7-18)12-19(25(29)17-5-9-22-23(14-17)34-11-10-33-22)24(26(30)31)16-4-8-20-21(13-16)28-35-27-20/h2-9,13-14H,10-12H2,1H3,(H,30,31)/b24-19+. The first-order valence-corrected chi connectivity index (χ1v) is 11.5. The number of ether oxygens (including phenoxy) is 3. The van der Waals surface area contributed by atoms with Gasteiger partial charge in [0.2, 0.25) is 0 Å². The Morgan fingerprint density at radius 3 is 2.37 bits per heavy atom. The van der Waals surface area contributed by atoms with Crippen molar-refractivity contribution in [1.29, 1.82) is 0 Å². The molecule has 5 rings (SSSR count). The summed E-state index contributed by atoms with van der Waals surface area (Å²) in [7, 11) is 1.57. The van der Waals surface area contributed by atoms with Crippen LogP contribution in [0.15, 0.2) is 66.2 Å². The fourth-order valence-corrected chi connectivity index (χ4v) is 4.47. The van der Waals surface area contributed by atoms with E-state index < -0.39 is 11.8 Å². The number of benzene rings is 3. The Balaban J connectivity index is 1.65. The molecule has 2 heterocycles. The normalized spacial score (nSPS) is 13.3. The van der Waals surface area contributed by atoms with E-state index in [0.29, 0.717) is 52.6 Å². The van der Waals surface area contributed by atoms with Crippen molar-refractivity contribution in [1.82, 2.24) is 8.75 Å². The van der Waals surface area contributed by atoms with Gasteiger partial charge in [0.05, 0.1) is 24.4 Å². The molecule has 0 saturated heterocycles. The summed E-state index contributed by atoms with van der Waals surface area (Å²) in [5.74, 6) is 0.0529. The number of hydrogen-bond donors (Lipinski definition) is 1. The van der Waals surface area contributed by atoms with E-state index >= 15 is 0 Å². The zero-order valence-corrected chi connectivity index (χ0v) is 19.5. The second-order valence-electron chi connectivity index (χ2n) is 7.84. The Hall–Kier alpha value is -4.24. The monoisotopic (exact) mass is 488 g/mol. The molecule has 3 aromatic carbocycles. The van der Waals surface area contributed by atoms with Gasteiger partial charge in [-0.1, -0.05) is 18.2 Å². The molecule has 0 radical (unpaired) electrons. The molecule has 1 aliphatic rings. The third-order valence-corrected chi connectivity index (χ3v) is 6.23. The average Bonchev–Trinajstić information content (AvgIpc) is 3.36. The summed E-state index contributed by atoms with van der Waals surface area (Å²) in [6, 6.07) is 17.0. The molecule has 0 fully saturated rings. The molecule has 1 aromatic heterocycles. The molecule has 0 aliphatic carbocycles. The molecule has 35 heavy (non-hydrogen) atoms. The zero-order valence-electron chi connectivity index (χ0n) is 18.7. The molecule has 1 N–H and O–H groups in total. The van der Waals surface area contributed by atoms with Crippen LogP contribution in [0.4, 0.5) is 0 Å². The predicted octanol–water partition coefficient (Wildman–Crippen LogP) is 4.43. The summed E-state index contributed by atoms with van der Waals surface area (Å²) < 4.78 is 24.8. The lowest BCUT2D eigenvalue weighted by Crippen LogP contribution is -2.17. The molecular formula is C26H20N2O6S. The maximum absolute atomic E-state index is 13.8. The maximum atomic E-state index is 13.8. The number of Topliss-reactive ketones (excluding diaryl/α,β-unsaturated/α-hetero) is 1. The molecule has 9 heteroatoms. The molecule has 0 bridgehead atoms. The molecule has 0 unspecified atom stereocenters. The van der Waals surface area contributed by atoms with E-state index in [1.165, 1.54) is 0 Å². The summed E-state index contributed by atoms with van der Waals surface area (Å²) in [4.78, 5) is 26.4. The zero-order chi connectivity index (χ0) is 24.4. The van der Waals surface area contributed by atoms with Crippen LogP contribution in [0.2, 0.25) is 0 Å². The second kappa shape index (κ2) is 9.55. The number of methoxy groups -OCH3 is 1. The van der Waals surface area contributed by atoms with Crippen LogP contribution in [-0.4, -0.2) is 45.9 Å². The van der Waals surface area contributed by atoms with E-state index in [4.69, 9.17) is 14.2 Å². The lowest BCUT2D eigenvalue weighted by molar-refractivity contribution is -0.130. The first-order chi connectivity index (χ1) is 17.0. The molecule has 0 atom stereocenters. The van der Waals surface area contributed by atoms with Crippen molar-refractivity contribution in [3.8, 4) is 17.2 Å². The number of aromatic nitrogens is 2. The van der Waals surface area contributed by atoms with Gasteiger partial charge in [-0.25, -0.2) is 4.79 Å². The minimum atomic E-state index is -1.21. The number of rotatable bonds is 7. The molecule has 8 nitrogen and oxygen atoms in total. The fourth-order valence-electron chi connectivity index (χ4n) is 3.95. The van der Waals surface area contributed by atoms with Crippen LogP contribution in [0, 0.1) is 0 Å². The Morgan fingerprint density at radius 1 is 0.914 bits per heavy atom. The third-order valence-electron chi connectivity index (χ3n) is 5.68. The summed E-state index contributed by atoms with van der Waals surface area (Å²) in [6.45, 7) is 0.807. The number of nitrogens with zero attached hydrogens (tertiary/aromatic N) is 2. The van der Waals surface area contributed by atoms with E-state index in [2.05, 4.69) is 8.75 Å². The molecular weight excluding hydrogens is 468 g/mol. The van der Waals surface area contributed by atoms with Gasteiger partial charge in [-0.3, -0.25) is 4.79 Å². The highest BCUT2D eigenvalue weighted by molar-refractivity contribution is 7.00. The van der Waals surface area contributed by atoms with Crippen LogP contribution in [0.3, 0.4) is 0 Å². The SMILES string of the molecule is COc1ccc(C/C(C(=O)c2ccc3c(c2)OCCO3)=C(\C(=O)O)c2ccc3nsnc3c2)cc1. The van der Waals surface area contributed by atoms with Crippen molar-refractivity contribution in [3.05, 3.63) is 82.9 Å². The number of carboxylic acid groups (broad SMARTS) is 1. The van der Waals surface area contributed by atoms with E-state index in [1.807, 2.05) is 12.1 Å². The highest BCUT2D eigenvalue weighted by atomic mass is 32.1. The number of ketones is 1. The number of carbonyl (C=O) groups is 2. The minimum Gasteiger partial charge on any atom is -0.497 e. The summed E-state index contributed by atoms with van der Waals surface area (Å²) in [6.07, 6.45) is 0.103. The fraction of sp³-hybridized carbons (Fsp3) is 0.154. The first kappa shape index (κ1) is 22.5. The van der Waals surface area contributed by atoms with E-state index in [-0.39, 0.29) is 17.6 Å². The van der Waals surface area contributed by atoms with Crippen LogP contribution in [0.5, 0.6) is 17.2 Å². The van der Waals surface area contributed by atoms with Gasteiger partial charge in [-0.05, 0) is 53.6 Å². The van der Waals surface area contributed by atoms with Crippen molar-refractivity contribution >= 4 is 40.1 Å². The van der Waals surface area contributed by atoms with Gasteiger partial charge in [-0.2, -0.15) is 8.75 Å². The van der Waals surface area contributed by atoms with E-state index in [1.54, 1.807) is 55.6 Å². The van der Waals surface area contributed by atoms with E-state index in [0.717, 1.165) is 17.3 Å². The highest BCUT2D eigenvalue weighted by Gasteiger charge is 2.25. The highest BCUT2D eigenvalue weighted by Crippen LogP contribution is 2.33. The Labute approximate surface area is 204 Å². The van der Waals surface area contributed by atoms with Gasteiger partial charge in [0.15, 0.2) is 17.3 Å². The van der Waals surface area contributed by atoms with Gasteiger partial charge in [0.25, 0.3) is 0 Å². The van der Waals surface area contributed by atoms with Crippen molar-refractivity contribution in [2.24, 2.45) is 0 Å². The number of aliphatic carboxylic acids is 1. The van der Waals surface area contributed by atoms with Crippen LogP contribution >= 0.6 is 11.7 Å². The Morgan fingerprint density at radius 2 is 1.63 bits per heavy atom. The number of fused-ring (bicyclic) bond motifs is 2. The molecule has 0 spiro atoms. The van der Waals surface area contributed by atoms with Crippen LogP contribution < -0.4 is 14.2 Å². The van der Waals surface area contributed by atoms with Crippen molar-refractivity contribution < 1.29 is 28.9 Å². The summed E-state index contributed by atoms with van der Waals surface area (Å²) in [5.41, 5.74) is 2.75. The maximum Gasteiger partial charge on any atom is 0.336 e. The van der Waals surface area contributed by atoms with Crippen molar-refractivity contribution in [2.75, 3.05) is 20.3 Å². The number of carbonyl (C=O) groups excluding carboxylic acids is 1. The van der Waals surface area contributed by atoms with Gasteiger partial charge in [0.1, 0.15) is 30.0 Å². The summed E-state index contributed by atoms with van der Waals surface area (Å²) in [5, 5.41) is 10.3. The Kier molecular flexibility index (Phi) is 6.15. The van der Waals surface area contributed by atoms with Crippen molar-refractivity contribution in [3.63, 3.8) is 0 Å². The summed E-state index contributed by atoms with van der Waals surface area (Å²) >= 11 is 1.04. The number of allylic oxidation sites excluding steroid dienone is 1. The largest absolute Gasteiger partial charge is 0.497 e. The van der Waals surface area contributed by atoms with Crippen LogP contribution in [0.25, 0.3) is 16.6 Å². The smallest absolute Gasteiger partial charge is 0.336 e. The minimum absolute atomic E-state index is 0.0874. The molecule has 4 aromatic rings. The second-order valence-corrected chi connectivity index (χ2v) is 8.37. The van der Waals surface area contributed by atoms with Crippen LogP contribution in [-0.2, 0) is 11.2 Å². The van der Waals surface area contributed by atoms with Crippen LogP contribution in [0.1, 0.15) is 21.5 Å². The molecule has 0 amide bonds. The van der Waals surface area contributed by atoms with Gasteiger partial charge in [-0.15, -0.1) is 0 Å². The quantitative estimate of drug-likeness (QED) is 0.301. The average molecular weight is 489 g/mol.